The Balaban J connectivity index is 2.53. The summed E-state index contributed by atoms with van der Waals surface area (Å²) in [6, 6.07) is 4.44. The van der Waals surface area contributed by atoms with Crippen LogP contribution in [0.25, 0.3) is 0 Å². The van der Waals surface area contributed by atoms with Crippen LogP contribution in [-0.2, 0) is 5.60 Å². The first-order valence-electron chi connectivity index (χ1n) is 5.78. The van der Waals surface area contributed by atoms with E-state index in [0.717, 1.165) is 18.4 Å². The maximum atomic E-state index is 10.2. The molecule has 1 aliphatic rings. The summed E-state index contributed by atoms with van der Waals surface area (Å²) in [6.07, 6.45) is 1.85. The minimum absolute atomic E-state index is 0.500. The van der Waals surface area contributed by atoms with Crippen LogP contribution >= 0.6 is 0 Å². The summed E-state index contributed by atoms with van der Waals surface area (Å²) in [5.41, 5.74) is 4.57. The fourth-order valence-electron chi connectivity index (χ4n) is 2.09. The van der Waals surface area contributed by atoms with Crippen LogP contribution in [0.2, 0.25) is 0 Å². The number of hydrogen-bond acceptors (Lipinski definition) is 1. The molecule has 0 unspecified atom stereocenters. The quantitative estimate of drug-likeness (QED) is 0.782. The third kappa shape index (κ3) is 1.81. The van der Waals surface area contributed by atoms with E-state index in [0.29, 0.717) is 5.92 Å². The van der Waals surface area contributed by atoms with Crippen molar-refractivity contribution in [3.8, 4) is 0 Å². The average Bonchev–Trinajstić information content (AvgIpc) is 2.89. The minimum Gasteiger partial charge on any atom is -0.385 e. The second-order valence-corrected chi connectivity index (χ2v) is 5.20. The Kier molecular flexibility index (Phi) is 2.38. The second kappa shape index (κ2) is 3.34. The lowest BCUT2D eigenvalue weighted by Crippen LogP contribution is -2.09. The summed E-state index contributed by atoms with van der Waals surface area (Å²) >= 11 is 0. The first kappa shape index (κ1) is 10.7. The molecular weight excluding hydrogens is 184 g/mol. The van der Waals surface area contributed by atoms with E-state index in [1.807, 2.05) is 0 Å². The van der Waals surface area contributed by atoms with Gasteiger partial charge in [-0.15, -0.1) is 0 Å². The molecule has 1 nitrogen and oxygen atoms in total. The van der Waals surface area contributed by atoms with Crippen LogP contribution in [-0.4, -0.2) is 5.11 Å². The maximum Gasteiger partial charge on any atom is 0.0901 e. The summed E-state index contributed by atoms with van der Waals surface area (Å²) in [5, 5.41) is 10.2. The Morgan fingerprint density at radius 3 is 2.27 bits per heavy atom. The molecule has 2 rings (SSSR count). The smallest absolute Gasteiger partial charge is 0.0901 e. The number of benzene rings is 1. The van der Waals surface area contributed by atoms with Crippen molar-refractivity contribution in [2.75, 3.05) is 0 Å². The average molecular weight is 204 g/mol. The number of aliphatic hydroxyl groups is 1. The predicted molar refractivity (Wildman–Crippen MR) is 63.1 cm³/mol. The number of rotatable bonds is 2. The first-order valence-corrected chi connectivity index (χ1v) is 5.78. The highest BCUT2D eigenvalue weighted by Crippen LogP contribution is 2.47. The molecule has 1 aromatic carbocycles. The van der Waals surface area contributed by atoms with Gasteiger partial charge in [0, 0.05) is 0 Å². The molecule has 82 valence electrons. The van der Waals surface area contributed by atoms with Gasteiger partial charge in [0.05, 0.1) is 5.60 Å². The molecule has 0 heterocycles. The Morgan fingerprint density at radius 1 is 1.20 bits per heavy atom. The van der Waals surface area contributed by atoms with Crippen molar-refractivity contribution in [1.82, 2.24) is 0 Å². The third-order valence-electron chi connectivity index (χ3n) is 3.58. The zero-order valence-corrected chi connectivity index (χ0v) is 10.1. The Labute approximate surface area is 92.1 Å². The predicted octanol–water partition coefficient (Wildman–Crippen LogP) is 3.41. The van der Waals surface area contributed by atoms with E-state index in [9.17, 15) is 5.11 Å². The van der Waals surface area contributed by atoms with Gasteiger partial charge in [-0.3, -0.25) is 0 Å². The maximum absolute atomic E-state index is 10.2. The van der Waals surface area contributed by atoms with Crippen molar-refractivity contribution in [2.24, 2.45) is 0 Å². The van der Waals surface area contributed by atoms with Crippen LogP contribution in [0, 0.1) is 13.8 Å². The van der Waals surface area contributed by atoms with Crippen LogP contribution < -0.4 is 0 Å². The Morgan fingerprint density at radius 2 is 1.80 bits per heavy atom. The Bertz CT molecular complexity index is 387. The van der Waals surface area contributed by atoms with E-state index >= 15 is 0 Å². The molecule has 1 fully saturated rings. The SMILES string of the molecule is Cc1cc(C(C)C)cc(C2(O)CC2)c1C. The van der Waals surface area contributed by atoms with Crippen molar-refractivity contribution in [2.45, 2.75) is 52.1 Å². The highest BCUT2D eigenvalue weighted by molar-refractivity contribution is 5.44. The van der Waals surface area contributed by atoms with Crippen molar-refractivity contribution in [3.05, 3.63) is 34.4 Å². The zero-order valence-electron chi connectivity index (χ0n) is 10.1. The van der Waals surface area contributed by atoms with E-state index in [1.54, 1.807) is 0 Å². The first-order chi connectivity index (χ1) is 6.94. The van der Waals surface area contributed by atoms with Crippen LogP contribution in [0.5, 0.6) is 0 Å². The normalized spacial score (nSPS) is 18.3. The van der Waals surface area contributed by atoms with Crippen molar-refractivity contribution in [3.63, 3.8) is 0 Å². The second-order valence-electron chi connectivity index (χ2n) is 5.20. The van der Waals surface area contributed by atoms with Crippen LogP contribution in [0.15, 0.2) is 12.1 Å². The van der Waals surface area contributed by atoms with Crippen molar-refractivity contribution >= 4 is 0 Å². The minimum atomic E-state index is -0.500. The molecular formula is C14H20O. The standard InChI is InChI=1S/C14H20O/c1-9(2)12-7-10(3)11(4)13(8-12)14(15)5-6-14/h7-9,15H,5-6H2,1-4H3. The van der Waals surface area contributed by atoms with E-state index < -0.39 is 5.60 Å². The van der Waals surface area contributed by atoms with Gasteiger partial charge < -0.3 is 5.11 Å². The van der Waals surface area contributed by atoms with Gasteiger partial charge in [0.1, 0.15) is 0 Å². The highest BCUT2D eigenvalue weighted by Gasteiger charge is 2.43. The van der Waals surface area contributed by atoms with Gasteiger partial charge in [-0.05, 0) is 54.9 Å². The van der Waals surface area contributed by atoms with Gasteiger partial charge in [0.25, 0.3) is 0 Å². The van der Waals surface area contributed by atoms with E-state index in [-0.39, 0.29) is 0 Å². The molecule has 1 aromatic rings. The molecule has 1 aliphatic carbocycles. The van der Waals surface area contributed by atoms with Gasteiger partial charge in [0.15, 0.2) is 0 Å². The molecule has 0 bridgehead atoms. The molecule has 0 saturated heterocycles. The highest BCUT2D eigenvalue weighted by atomic mass is 16.3. The molecule has 0 radical (unpaired) electrons. The number of aryl methyl sites for hydroxylation is 1. The molecule has 0 aromatic heterocycles. The molecule has 1 N–H and O–H groups in total. The molecule has 0 aliphatic heterocycles. The fraction of sp³-hybridized carbons (Fsp3) is 0.571. The van der Waals surface area contributed by atoms with Crippen molar-refractivity contribution in [1.29, 1.82) is 0 Å². The summed E-state index contributed by atoms with van der Waals surface area (Å²) in [5.74, 6) is 0.533. The lowest BCUT2D eigenvalue weighted by Gasteiger charge is -2.17. The molecule has 0 amide bonds. The van der Waals surface area contributed by atoms with Crippen molar-refractivity contribution < 1.29 is 5.11 Å². The summed E-state index contributed by atoms with van der Waals surface area (Å²) < 4.78 is 0. The lowest BCUT2D eigenvalue weighted by atomic mass is 9.91. The molecule has 15 heavy (non-hydrogen) atoms. The van der Waals surface area contributed by atoms with Crippen LogP contribution in [0.1, 0.15) is 54.9 Å². The molecule has 1 saturated carbocycles. The molecule has 0 atom stereocenters. The Hall–Kier alpha value is -0.820. The third-order valence-corrected chi connectivity index (χ3v) is 3.58. The molecule has 0 spiro atoms. The zero-order chi connectivity index (χ0) is 11.2. The van der Waals surface area contributed by atoms with Crippen LogP contribution in [0.3, 0.4) is 0 Å². The summed E-state index contributed by atoms with van der Waals surface area (Å²) in [7, 11) is 0. The fourth-order valence-corrected chi connectivity index (χ4v) is 2.09. The number of hydrogen-bond donors (Lipinski definition) is 1. The van der Waals surface area contributed by atoms with E-state index in [4.69, 9.17) is 0 Å². The summed E-state index contributed by atoms with van der Waals surface area (Å²) in [6.45, 7) is 8.65. The van der Waals surface area contributed by atoms with Gasteiger partial charge in [-0.25, -0.2) is 0 Å². The topological polar surface area (TPSA) is 20.2 Å². The van der Waals surface area contributed by atoms with Gasteiger partial charge in [-0.1, -0.05) is 26.0 Å². The van der Waals surface area contributed by atoms with E-state index in [2.05, 4.69) is 39.8 Å². The summed E-state index contributed by atoms with van der Waals surface area (Å²) in [4.78, 5) is 0. The van der Waals surface area contributed by atoms with Gasteiger partial charge in [-0.2, -0.15) is 0 Å². The van der Waals surface area contributed by atoms with Gasteiger partial charge in [0.2, 0.25) is 0 Å². The van der Waals surface area contributed by atoms with E-state index in [1.165, 1.54) is 16.7 Å². The van der Waals surface area contributed by atoms with Gasteiger partial charge >= 0.3 is 0 Å². The monoisotopic (exact) mass is 204 g/mol. The lowest BCUT2D eigenvalue weighted by molar-refractivity contribution is 0.150. The largest absolute Gasteiger partial charge is 0.385 e. The molecule has 1 heteroatoms. The van der Waals surface area contributed by atoms with Crippen LogP contribution in [0.4, 0.5) is 0 Å².